The highest BCUT2D eigenvalue weighted by atomic mass is 33.4. The third-order valence-electron chi connectivity index (χ3n) is 0.0430. The Morgan fingerprint density at radius 1 is 2.00 bits per heavy atom. The Hall–Kier alpha value is 1.35. The van der Waals surface area contributed by atoms with E-state index in [9.17, 15) is 0 Å². The second-order valence-corrected chi connectivity index (χ2v) is 5.44. The van der Waals surface area contributed by atoms with Gasteiger partial charge in [0, 0.05) is 0 Å². The van der Waals surface area contributed by atoms with E-state index in [0.29, 0.717) is 0 Å². The average molecular weight is 130 g/mol. The van der Waals surface area contributed by atoms with Crippen LogP contribution in [0, 0.1) is 0 Å². The zero-order chi connectivity index (χ0) is 3.41. The van der Waals surface area contributed by atoms with Crippen LogP contribution in [0.1, 0.15) is 0 Å². The molecule has 0 saturated heterocycles. The maximum atomic E-state index is 4.52. The van der Waals surface area contributed by atoms with Gasteiger partial charge >= 0.3 is 0 Å². The molecule has 26 valence electrons. The van der Waals surface area contributed by atoms with Crippen LogP contribution in [0.2, 0.25) is 0 Å². The molecule has 1 atom stereocenters. The summed E-state index contributed by atoms with van der Waals surface area (Å²) in [5.74, 6) is 0. The second kappa shape index (κ2) is 4.35. The summed E-state index contributed by atoms with van der Waals surface area (Å²) in [6.45, 7) is 0.147. The lowest BCUT2D eigenvalue weighted by Gasteiger charge is -1.57. The molecule has 0 rings (SSSR count). The van der Waals surface area contributed by atoms with E-state index < -0.39 is 0 Å². The van der Waals surface area contributed by atoms with Gasteiger partial charge in [0.25, 0.3) is 0 Å². The van der Waals surface area contributed by atoms with Crippen molar-refractivity contribution in [3.05, 3.63) is 0 Å². The third kappa shape index (κ3) is 3.35. The van der Waals surface area contributed by atoms with Crippen LogP contribution in [0.5, 0.6) is 0 Å². The zero-order valence-electron chi connectivity index (χ0n) is 1.84. The van der Waals surface area contributed by atoms with Crippen molar-refractivity contribution < 1.29 is 0 Å². The Morgan fingerprint density at radius 2 is 2.25 bits per heavy atom. The second-order valence-electron chi connectivity index (χ2n) is 0.202. The van der Waals surface area contributed by atoms with Crippen molar-refractivity contribution in [2.24, 2.45) is 0 Å². The molecule has 4 heavy (non-hydrogen) atoms. The van der Waals surface area contributed by atoms with E-state index in [1.807, 2.05) is 0 Å². The molecule has 0 saturated carbocycles. The first-order valence-electron chi connectivity index (χ1n) is 0.654. The van der Waals surface area contributed by atoms with Gasteiger partial charge in [0.1, 0.15) is 0 Å². The first-order chi connectivity index (χ1) is 1.91. The van der Waals surface area contributed by atoms with Crippen LogP contribution in [0.3, 0.4) is 0 Å². The molecule has 0 N–H and O–H groups in total. The molecule has 0 heterocycles. The van der Waals surface area contributed by atoms with Gasteiger partial charge in [-0.3, -0.25) is 0 Å². The van der Waals surface area contributed by atoms with Crippen molar-refractivity contribution in [3.8, 4) is 0 Å². The Morgan fingerprint density at radius 3 is 2.25 bits per heavy atom. The molecule has 0 aromatic heterocycles. The summed E-state index contributed by atoms with van der Waals surface area (Å²) in [5, 5.41) is 0. The van der Waals surface area contributed by atoms with Crippen molar-refractivity contribution in [1.82, 2.24) is 0 Å². The van der Waals surface area contributed by atoms with Crippen LogP contribution in [-0.4, -0.2) is 0 Å². The minimum Gasteiger partial charge on any atom is -0.106 e. The van der Waals surface area contributed by atoms with Crippen LogP contribution >= 0.6 is 28.6 Å². The molecule has 0 aliphatic heterocycles. The van der Waals surface area contributed by atoms with Crippen molar-refractivity contribution in [2.75, 3.05) is 0 Å². The highest BCUT2D eigenvalue weighted by molar-refractivity contribution is 8.93. The van der Waals surface area contributed by atoms with Crippen LogP contribution in [0.25, 0.3) is 0 Å². The molecule has 0 fully saturated rings. The van der Waals surface area contributed by atoms with Gasteiger partial charge in [-0.15, -0.1) is 11.7 Å². The van der Waals surface area contributed by atoms with Crippen LogP contribution in [-0.2, 0) is 11.8 Å². The van der Waals surface area contributed by atoms with E-state index in [4.69, 9.17) is 0 Å². The van der Waals surface area contributed by atoms with Crippen molar-refractivity contribution in [1.29, 1.82) is 0 Å². The Labute approximate surface area is 40.8 Å². The number of thiol groups is 1. The molecular weight excluding hydrogens is 127 g/mol. The summed E-state index contributed by atoms with van der Waals surface area (Å²) in [7, 11) is 1.45. The lowest BCUT2D eigenvalue weighted by molar-refractivity contribution is 5.80. The summed E-state index contributed by atoms with van der Waals surface area (Å²) in [4.78, 5) is 0. The first-order valence-corrected chi connectivity index (χ1v) is 5.89. The van der Waals surface area contributed by atoms with Gasteiger partial charge in [0.05, 0.1) is 0 Å². The van der Waals surface area contributed by atoms with E-state index in [2.05, 4.69) is 23.5 Å². The molecule has 4 heteroatoms. The van der Waals surface area contributed by atoms with Crippen molar-refractivity contribution >= 4 is 40.4 Å². The smallest absolute Gasteiger partial charge is 0.00629 e. The highest BCUT2D eigenvalue weighted by Gasteiger charge is 1.46. The fourth-order valence-electron chi connectivity index (χ4n) is 0. The fraction of sp³-hybridized carbons (Fsp3) is 0. The van der Waals surface area contributed by atoms with Crippen molar-refractivity contribution in [2.45, 2.75) is 0 Å². The highest BCUT2D eigenvalue weighted by Crippen LogP contribution is 2.20. The molecular formula is H3PS3. The molecule has 0 aromatic carbocycles. The molecule has 0 nitrogen and oxygen atoms in total. The van der Waals surface area contributed by atoms with Gasteiger partial charge in [-0.25, -0.2) is 0 Å². The van der Waals surface area contributed by atoms with Crippen LogP contribution < -0.4 is 0 Å². The van der Waals surface area contributed by atoms with E-state index in [1.54, 1.807) is 0 Å². The number of hydrogen-bond donors (Lipinski definition) is 1. The molecule has 0 amide bonds. The molecule has 1 unspecified atom stereocenters. The first kappa shape index (κ1) is 5.35. The zero-order valence-corrected chi connectivity index (χ0v) is 5.52. The minimum atomic E-state index is 0.147. The SMILES string of the molecule is S=[PH2]SS. The standard InChI is InChI=1S/H3PS3/c2-1-4-3/h3H,1H2. The molecule has 0 aliphatic rings. The lowest BCUT2D eigenvalue weighted by Crippen LogP contribution is -0.872. The molecule has 0 aliphatic carbocycles. The summed E-state index contributed by atoms with van der Waals surface area (Å²) >= 11 is 8.29. The van der Waals surface area contributed by atoms with E-state index in [-0.39, 0.29) is 6.56 Å². The summed E-state index contributed by atoms with van der Waals surface area (Å²) in [5.41, 5.74) is 0. The quantitative estimate of drug-likeness (QED) is 0.323. The summed E-state index contributed by atoms with van der Waals surface area (Å²) in [6, 6.07) is 0. The predicted octanol–water partition coefficient (Wildman–Crippen LogP) is 1.35. The Bertz CT molecular complexity index is 17.2. The van der Waals surface area contributed by atoms with E-state index in [1.165, 1.54) is 10.4 Å². The summed E-state index contributed by atoms with van der Waals surface area (Å²) in [6.07, 6.45) is 0. The van der Waals surface area contributed by atoms with Gasteiger partial charge in [0.15, 0.2) is 0 Å². The van der Waals surface area contributed by atoms with Crippen molar-refractivity contribution in [3.63, 3.8) is 0 Å². The van der Waals surface area contributed by atoms with Gasteiger partial charge in [-0.2, -0.15) is 0 Å². The normalized spacial score (nSPS) is 10.2. The largest absolute Gasteiger partial charge is 0.106 e. The average Bonchev–Trinajstić information content (AvgIpc) is 1.37. The summed E-state index contributed by atoms with van der Waals surface area (Å²) < 4.78 is 0. The maximum Gasteiger partial charge on any atom is -0.00629 e. The molecule has 0 spiro atoms. The van der Waals surface area contributed by atoms with Crippen LogP contribution in [0.15, 0.2) is 0 Å². The Kier molecular flexibility index (Phi) is 5.82. The third-order valence-corrected chi connectivity index (χ3v) is 3.49. The number of rotatable bonds is 1. The topological polar surface area (TPSA) is 0 Å². The van der Waals surface area contributed by atoms with Gasteiger partial charge in [-0.1, -0.05) is 22.2 Å². The van der Waals surface area contributed by atoms with E-state index in [0.717, 1.165) is 0 Å². The maximum absolute atomic E-state index is 4.52. The minimum absolute atomic E-state index is 0.147. The Balaban J connectivity index is 2.30. The predicted molar refractivity (Wildman–Crippen MR) is 33.7 cm³/mol. The molecule has 0 aromatic rings. The lowest BCUT2D eigenvalue weighted by atomic mass is 30.1. The van der Waals surface area contributed by atoms with Crippen LogP contribution in [0.4, 0.5) is 0 Å². The fourth-order valence-corrected chi connectivity index (χ4v) is 0. The van der Waals surface area contributed by atoms with Gasteiger partial charge < -0.3 is 0 Å². The molecule has 0 radical (unpaired) electrons. The molecule has 0 bridgehead atoms. The monoisotopic (exact) mass is 130 g/mol. The van der Waals surface area contributed by atoms with Gasteiger partial charge in [-0.05, 0) is 6.56 Å². The number of hydrogen-bond acceptors (Lipinski definition) is 3. The van der Waals surface area contributed by atoms with Gasteiger partial charge in [0.2, 0.25) is 0 Å². The van der Waals surface area contributed by atoms with E-state index >= 15 is 0 Å².